The molecule has 8 heteroatoms. The molecule has 0 radical (unpaired) electrons. The van der Waals surface area contributed by atoms with Crippen molar-refractivity contribution in [1.29, 1.82) is 0 Å². The Kier molecular flexibility index (Phi) is 4.98. The van der Waals surface area contributed by atoms with E-state index in [-0.39, 0.29) is 5.91 Å². The van der Waals surface area contributed by atoms with Crippen LogP contribution in [0.1, 0.15) is 52.6 Å². The van der Waals surface area contributed by atoms with E-state index in [4.69, 9.17) is 4.98 Å². The lowest BCUT2D eigenvalue weighted by Gasteiger charge is -2.31. The predicted molar refractivity (Wildman–Crippen MR) is 103 cm³/mol. The summed E-state index contributed by atoms with van der Waals surface area (Å²) in [6.07, 6.45) is 9.97. The van der Waals surface area contributed by atoms with Crippen LogP contribution in [-0.2, 0) is 6.42 Å². The number of carbonyl (C=O) groups excluding carboxylic acids is 1. The number of piperidine rings is 1. The first-order valence-corrected chi connectivity index (χ1v) is 10.1. The van der Waals surface area contributed by atoms with Gasteiger partial charge in [-0.2, -0.15) is 0 Å². The van der Waals surface area contributed by atoms with Gasteiger partial charge in [0.25, 0.3) is 5.91 Å². The summed E-state index contributed by atoms with van der Waals surface area (Å²) in [7, 11) is 0. The molecule has 1 amide bonds. The Morgan fingerprint density at radius 1 is 1.26 bits per heavy atom. The number of hydrogen-bond donors (Lipinski definition) is 0. The van der Waals surface area contributed by atoms with Crippen molar-refractivity contribution in [3.8, 4) is 5.82 Å². The minimum atomic E-state index is 0.0966. The summed E-state index contributed by atoms with van der Waals surface area (Å²) < 4.78 is 1.99. The Bertz CT molecular complexity index is 941. The fourth-order valence-electron chi connectivity index (χ4n) is 3.52. The molecule has 0 saturated carbocycles. The first-order valence-electron chi connectivity index (χ1n) is 9.21. The molecule has 0 N–H and O–H groups in total. The van der Waals surface area contributed by atoms with Gasteiger partial charge in [0, 0.05) is 44.0 Å². The van der Waals surface area contributed by atoms with Gasteiger partial charge in [-0.1, -0.05) is 6.92 Å². The minimum absolute atomic E-state index is 0.0966. The molecule has 0 spiro atoms. The molecular weight excluding hydrogens is 360 g/mol. The van der Waals surface area contributed by atoms with Gasteiger partial charge in [0.15, 0.2) is 5.82 Å². The average molecular weight is 382 g/mol. The molecule has 7 nitrogen and oxygen atoms in total. The van der Waals surface area contributed by atoms with Crippen molar-refractivity contribution >= 4 is 17.2 Å². The Morgan fingerprint density at radius 3 is 2.78 bits per heavy atom. The summed E-state index contributed by atoms with van der Waals surface area (Å²) in [4.78, 5) is 33.1. The number of aromatic nitrogens is 5. The van der Waals surface area contributed by atoms with Crippen LogP contribution in [-0.4, -0.2) is 48.4 Å². The zero-order valence-electron chi connectivity index (χ0n) is 15.5. The quantitative estimate of drug-likeness (QED) is 0.693. The molecule has 0 unspecified atom stereocenters. The Labute approximate surface area is 162 Å². The second-order valence-electron chi connectivity index (χ2n) is 6.70. The summed E-state index contributed by atoms with van der Waals surface area (Å²) in [5.41, 5.74) is 3.54. The molecule has 1 saturated heterocycles. The lowest BCUT2D eigenvalue weighted by Crippen LogP contribution is -2.38. The third-order valence-corrected chi connectivity index (χ3v) is 5.98. The van der Waals surface area contributed by atoms with Crippen LogP contribution in [0.3, 0.4) is 0 Å². The smallest absolute Gasteiger partial charge is 0.265 e. The fraction of sp³-hybridized carbons (Fsp3) is 0.421. The van der Waals surface area contributed by atoms with Crippen molar-refractivity contribution in [2.24, 2.45) is 0 Å². The van der Waals surface area contributed by atoms with E-state index in [9.17, 15) is 4.79 Å². The lowest BCUT2D eigenvalue weighted by molar-refractivity contribution is 0.0716. The van der Waals surface area contributed by atoms with Gasteiger partial charge in [-0.25, -0.2) is 15.0 Å². The van der Waals surface area contributed by atoms with Crippen LogP contribution in [0, 0.1) is 6.92 Å². The molecule has 3 aromatic rings. The Morgan fingerprint density at radius 2 is 2.07 bits per heavy atom. The topological polar surface area (TPSA) is 76.8 Å². The molecule has 1 aliphatic rings. The highest BCUT2D eigenvalue weighted by molar-refractivity contribution is 7.11. The second kappa shape index (κ2) is 7.56. The maximum atomic E-state index is 12.7. The van der Waals surface area contributed by atoms with Gasteiger partial charge in [-0.05, 0) is 19.8 Å². The van der Waals surface area contributed by atoms with Gasteiger partial charge < -0.3 is 4.90 Å². The van der Waals surface area contributed by atoms with Gasteiger partial charge in [-0.15, -0.1) is 11.3 Å². The summed E-state index contributed by atoms with van der Waals surface area (Å²) in [5, 5.41) is 0. The monoisotopic (exact) mass is 382 g/mol. The molecule has 0 bridgehead atoms. The number of imidazole rings is 1. The highest BCUT2D eigenvalue weighted by Gasteiger charge is 2.27. The summed E-state index contributed by atoms with van der Waals surface area (Å²) >= 11 is 1.42. The van der Waals surface area contributed by atoms with E-state index in [0.717, 1.165) is 60.3 Å². The van der Waals surface area contributed by atoms with Gasteiger partial charge in [0.05, 0.1) is 23.1 Å². The van der Waals surface area contributed by atoms with Crippen molar-refractivity contribution in [1.82, 2.24) is 29.4 Å². The van der Waals surface area contributed by atoms with Gasteiger partial charge in [-0.3, -0.25) is 14.3 Å². The zero-order chi connectivity index (χ0) is 18.8. The molecule has 4 rings (SSSR count). The summed E-state index contributed by atoms with van der Waals surface area (Å²) in [6.45, 7) is 5.43. The highest BCUT2D eigenvalue weighted by atomic mass is 32.1. The standard InChI is InChI=1S/C19H22N6OS/c1-3-16-21-6-9-25(16)17-11-20-10-15(23-17)14-4-7-24(8-5-14)19(26)18-13(2)22-12-27-18/h6,9-12,14H,3-5,7-8H2,1-2H3. The van der Waals surface area contributed by atoms with Crippen molar-refractivity contribution < 1.29 is 4.79 Å². The number of likely N-dealkylation sites (tertiary alicyclic amines) is 1. The minimum Gasteiger partial charge on any atom is -0.338 e. The number of aryl methyl sites for hydroxylation is 2. The van der Waals surface area contributed by atoms with Gasteiger partial charge >= 0.3 is 0 Å². The van der Waals surface area contributed by atoms with Crippen molar-refractivity contribution in [2.45, 2.75) is 39.0 Å². The third-order valence-electron chi connectivity index (χ3n) is 5.06. The van der Waals surface area contributed by atoms with E-state index in [1.165, 1.54) is 11.3 Å². The molecule has 1 fully saturated rings. The summed E-state index contributed by atoms with van der Waals surface area (Å²) in [6, 6.07) is 0. The first-order chi connectivity index (χ1) is 13.2. The van der Waals surface area contributed by atoms with Crippen LogP contribution in [0.25, 0.3) is 5.82 Å². The maximum absolute atomic E-state index is 12.7. The molecule has 1 aliphatic heterocycles. The van der Waals surface area contributed by atoms with E-state index < -0.39 is 0 Å². The molecular formula is C19H22N6OS. The highest BCUT2D eigenvalue weighted by Crippen LogP contribution is 2.28. The number of hydrogen-bond acceptors (Lipinski definition) is 6. The van der Waals surface area contributed by atoms with E-state index in [2.05, 4.69) is 21.9 Å². The van der Waals surface area contributed by atoms with Crippen LogP contribution < -0.4 is 0 Å². The first kappa shape index (κ1) is 17.8. The van der Waals surface area contributed by atoms with Crippen molar-refractivity contribution in [3.05, 3.63) is 52.4 Å². The zero-order valence-corrected chi connectivity index (χ0v) is 16.3. The van der Waals surface area contributed by atoms with Crippen LogP contribution in [0.15, 0.2) is 30.3 Å². The van der Waals surface area contributed by atoms with Crippen LogP contribution >= 0.6 is 11.3 Å². The molecule has 4 heterocycles. The molecule has 140 valence electrons. The van der Waals surface area contributed by atoms with Gasteiger partial charge in [0.1, 0.15) is 10.7 Å². The van der Waals surface area contributed by atoms with E-state index in [1.807, 2.05) is 28.8 Å². The molecule has 0 aromatic carbocycles. The lowest BCUT2D eigenvalue weighted by atomic mass is 9.93. The number of thiazole rings is 1. The van der Waals surface area contributed by atoms with Crippen LogP contribution in [0.2, 0.25) is 0 Å². The molecule has 3 aromatic heterocycles. The van der Waals surface area contributed by atoms with E-state index in [1.54, 1.807) is 17.9 Å². The molecule has 0 atom stereocenters. The maximum Gasteiger partial charge on any atom is 0.265 e. The number of amides is 1. The number of carbonyl (C=O) groups is 1. The SMILES string of the molecule is CCc1nccn1-c1cncc(C2CCN(C(=O)c3scnc3C)CC2)n1. The fourth-order valence-corrected chi connectivity index (χ4v) is 4.29. The van der Waals surface area contributed by atoms with Crippen LogP contribution in [0.4, 0.5) is 0 Å². The molecule has 0 aliphatic carbocycles. The largest absolute Gasteiger partial charge is 0.338 e. The van der Waals surface area contributed by atoms with Crippen molar-refractivity contribution in [2.75, 3.05) is 13.1 Å². The Hall–Kier alpha value is -2.61. The summed E-state index contributed by atoms with van der Waals surface area (Å²) in [5.74, 6) is 2.19. The van der Waals surface area contributed by atoms with E-state index in [0.29, 0.717) is 5.92 Å². The second-order valence-corrected chi connectivity index (χ2v) is 7.56. The van der Waals surface area contributed by atoms with E-state index >= 15 is 0 Å². The third kappa shape index (κ3) is 3.49. The predicted octanol–water partition coefficient (Wildman–Crippen LogP) is 3.01. The number of rotatable bonds is 4. The van der Waals surface area contributed by atoms with Crippen LogP contribution in [0.5, 0.6) is 0 Å². The van der Waals surface area contributed by atoms with Crippen molar-refractivity contribution in [3.63, 3.8) is 0 Å². The number of nitrogens with zero attached hydrogens (tertiary/aromatic N) is 6. The average Bonchev–Trinajstić information content (AvgIpc) is 3.36. The Balaban J connectivity index is 1.46. The van der Waals surface area contributed by atoms with Gasteiger partial charge in [0.2, 0.25) is 0 Å². The normalized spacial score (nSPS) is 15.3. The molecule has 27 heavy (non-hydrogen) atoms.